The molecule has 1 aromatic heterocycles. The number of hydrogen-bond donors (Lipinski definition) is 3. The second-order valence-electron chi connectivity index (χ2n) is 6.04. The topological polar surface area (TPSA) is 82.2 Å². The van der Waals surface area contributed by atoms with E-state index in [1.54, 1.807) is 0 Å². The maximum Gasteiger partial charge on any atom is 0.286 e. The molecule has 1 aliphatic rings. The molecule has 2 aromatic carbocycles. The van der Waals surface area contributed by atoms with Gasteiger partial charge in [0.15, 0.2) is 0 Å². The Hall–Kier alpha value is -2.57. The highest BCUT2D eigenvalue weighted by Crippen LogP contribution is 2.28. The van der Waals surface area contributed by atoms with Crippen molar-refractivity contribution in [3.8, 4) is 0 Å². The van der Waals surface area contributed by atoms with Crippen LogP contribution in [-0.4, -0.2) is 26.5 Å². The lowest BCUT2D eigenvalue weighted by Crippen LogP contribution is -2.25. The summed E-state index contributed by atoms with van der Waals surface area (Å²) < 4.78 is 0. The second kappa shape index (κ2) is 6.38. The molecule has 3 N–H and O–H groups in total. The number of thioether (sulfide) groups is 1. The highest BCUT2D eigenvalue weighted by Gasteiger charge is 2.31. The van der Waals surface area contributed by atoms with Gasteiger partial charge in [0.2, 0.25) is 5.91 Å². The Morgan fingerprint density at radius 3 is 2.56 bits per heavy atom. The summed E-state index contributed by atoms with van der Waals surface area (Å²) in [5.41, 5.74) is 3.49. The number of amides is 2. The van der Waals surface area contributed by atoms with Crippen LogP contribution in [0, 0.1) is 0 Å². The number of rotatable bonds is 4. The molecule has 1 saturated heterocycles. The monoisotopic (exact) mass is 352 g/mol. The molecule has 2 amide bonds. The number of hydrogen-bond acceptors (Lipinski definition) is 4. The molecule has 5 nitrogen and oxygen atoms in total. The molecular formula is C19H16N2O3S. The summed E-state index contributed by atoms with van der Waals surface area (Å²) in [5, 5.41) is 13.1. The third kappa shape index (κ3) is 3.18. The highest BCUT2D eigenvalue weighted by molar-refractivity contribution is 8.15. The summed E-state index contributed by atoms with van der Waals surface area (Å²) in [6, 6.07) is 17.2. The van der Waals surface area contributed by atoms with Gasteiger partial charge in [0.25, 0.3) is 5.24 Å². The van der Waals surface area contributed by atoms with E-state index in [1.165, 1.54) is 0 Å². The van der Waals surface area contributed by atoms with Gasteiger partial charge in [0, 0.05) is 23.0 Å². The lowest BCUT2D eigenvalue weighted by atomic mass is 10.0. The first kappa shape index (κ1) is 15.9. The molecule has 2 atom stereocenters. The van der Waals surface area contributed by atoms with E-state index in [0.717, 1.165) is 39.5 Å². The summed E-state index contributed by atoms with van der Waals surface area (Å²) >= 11 is 1.02. The molecule has 6 heteroatoms. The van der Waals surface area contributed by atoms with Crippen molar-refractivity contribution in [2.75, 3.05) is 0 Å². The SMILES string of the molecule is O=C1NC(=O)C(Cc2cc3cc(C(O)c4ccccc4)ccc3[nH]2)S1. The molecular weight excluding hydrogens is 336 g/mol. The van der Waals surface area contributed by atoms with Crippen LogP contribution < -0.4 is 5.32 Å². The van der Waals surface area contributed by atoms with Gasteiger partial charge in [0.05, 0.1) is 5.25 Å². The summed E-state index contributed by atoms with van der Waals surface area (Å²) in [6.07, 6.45) is -0.217. The smallest absolute Gasteiger partial charge is 0.286 e. The van der Waals surface area contributed by atoms with E-state index in [2.05, 4.69) is 10.3 Å². The van der Waals surface area contributed by atoms with E-state index in [0.29, 0.717) is 6.42 Å². The fraction of sp³-hybridized carbons (Fsp3) is 0.158. The van der Waals surface area contributed by atoms with Gasteiger partial charge >= 0.3 is 0 Å². The van der Waals surface area contributed by atoms with Gasteiger partial charge in [-0.25, -0.2) is 0 Å². The number of H-pyrrole nitrogens is 1. The number of imide groups is 1. The minimum Gasteiger partial charge on any atom is -0.384 e. The Balaban J connectivity index is 1.59. The maximum absolute atomic E-state index is 11.7. The normalized spacial score (nSPS) is 18.5. The van der Waals surface area contributed by atoms with Crippen molar-refractivity contribution in [2.24, 2.45) is 0 Å². The van der Waals surface area contributed by atoms with E-state index in [9.17, 15) is 14.7 Å². The summed E-state index contributed by atoms with van der Waals surface area (Å²) in [7, 11) is 0. The van der Waals surface area contributed by atoms with E-state index >= 15 is 0 Å². The Labute approximate surface area is 148 Å². The van der Waals surface area contributed by atoms with Crippen LogP contribution in [0.3, 0.4) is 0 Å². The van der Waals surface area contributed by atoms with Gasteiger partial charge in [-0.1, -0.05) is 48.2 Å². The van der Waals surface area contributed by atoms with Crippen LogP contribution in [0.2, 0.25) is 0 Å². The zero-order chi connectivity index (χ0) is 17.4. The number of benzene rings is 2. The van der Waals surface area contributed by atoms with Crippen LogP contribution in [-0.2, 0) is 11.2 Å². The predicted molar refractivity (Wildman–Crippen MR) is 97.4 cm³/mol. The first-order chi connectivity index (χ1) is 12.1. The molecule has 2 heterocycles. The van der Waals surface area contributed by atoms with E-state index in [1.807, 2.05) is 54.6 Å². The van der Waals surface area contributed by atoms with Crippen molar-refractivity contribution < 1.29 is 14.7 Å². The number of carbonyl (C=O) groups excluding carboxylic acids is 2. The number of fused-ring (bicyclic) bond motifs is 1. The van der Waals surface area contributed by atoms with Crippen LogP contribution in [0.25, 0.3) is 10.9 Å². The minimum absolute atomic E-state index is 0.242. The molecule has 2 unspecified atom stereocenters. The summed E-state index contributed by atoms with van der Waals surface area (Å²) in [6.45, 7) is 0. The van der Waals surface area contributed by atoms with Crippen molar-refractivity contribution in [3.05, 3.63) is 71.4 Å². The zero-order valence-electron chi connectivity index (χ0n) is 13.2. The third-order valence-corrected chi connectivity index (χ3v) is 5.29. The molecule has 0 aliphatic carbocycles. The van der Waals surface area contributed by atoms with Crippen molar-refractivity contribution in [1.29, 1.82) is 0 Å². The van der Waals surface area contributed by atoms with E-state index in [4.69, 9.17) is 0 Å². The number of nitrogens with one attached hydrogen (secondary N) is 2. The van der Waals surface area contributed by atoms with Crippen LogP contribution in [0.5, 0.6) is 0 Å². The molecule has 0 radical (unpaired) electrons. The Kier molecular flexibility index (Phi) is 4.07. The Morgan fingerprint density at radius 1 is 1.04 bits per heavy atom. The summed E-state index contributed by atoms with van der Waals surface area (Å²) in [4.78, 5) is 26.3. The average molecular weight is 352 g/mol. The molecule has 126 valence electrons. The predicted octanol–water partition coefficient (Wildman–Crippen LogP) is 3.14. The van der Waals surface area contributed by atoms with Crippen LogP contribution in [0.1, 0.15) is 22.9 Å². The second-order valence-corrected chi connectivity index (χ2v) is 7.22. The van der Waals surface area contributed by atoms with Crippen LogP contribution in [0.15, 0.2) is 54.6 Å². The van der Waals surface area contributed by atoms with Gasteiger partial charge < -0.3 is 10.1 Å². The number of aliphatic hydroxyl groups is 1. The van der Waals surface area contributed by atoms with Gasteiger partial charge in [-0.3, -0.25) is 14.9 Å². The highest BCUT2D eigenvalue weighted by atomic mass is 32.2. The van der Waals surface area contributed by atoms with Crippen molar-refractivity contribution in [1.82, 2.24) is 10.3 Å². The number of carbonyl (C=O) groups is 2. The zero-order valence-corrected chi connectivity index (χ0v) is 14.0. The van der Waals surface area contributed by atoms with E-state index < -0.39 is 11.4 Å². The Morgan fingerprint density at radius 2 is 1.84 bits per heavy atom. The van der Waals surface area contributed by atoms with Gasteiger partial charge in [-0.15, -0.1) is 0 Å². The lowest BCUT2D eigenvalue weighted by Gasteiger charge is -2.11. The fourth-order valence-corrected chi connectivity index (χ4v) is 3.89. The van der Waals surface area contributed by atoms with Crippen molar-refractivity contribution in [2.45, 2.75) is 17.8 Å². The van der Waals surface area contributed by atoms with Gasteiger partial charge in [0.1, 0.15) is 6.10 Å². The van der Waals surface area contributed by atoms with E-state index in [-0.39, 0.29) is 11.1 Å². The first-order valence-electron chi connectivity index (χ1n) is 7.96. The molecule has 25 heavy (non-hydrogen) atoms. The largest absolute Gasteiger partial charge is 0.384 e. The minimum atomic E-state index is -0.683. The summed E-state index contributed by atoms with van der Waals surface area (Å²) in [5.74, 6) is -0.242. The molecule has 1 fully saturated rings. The molecule has 3 aromatic rings. The van der Waals surface area contributed by atoms with Crippen LogP contribution >= 0.6 is 11.8 Å². The number of aromatic nitrogens is 1. The fourth-order valence-electron chi connectivity index (χ4n) is 3.05. The molecule has 0 spiro atoms. The Bertz CT molecular complexity index is 952. The maximum atomic E-state index is 11.7. The first-order valence-corrected chi connectivity index (χ1v) is 8.84. The average Bonchev–Trinajstić information content (AvgIpc) is 3.16. The number of aromatic amines is 1. The van der Waals surface area contributed by atoms with Gasteiger partial charge in [-0.05, 0) is 29.3 Å². The molecule has 4 rings (SSSR count). The number of aliphatic hydroxyl groups excluding tert-OH is 1. The van der Waals surface area contributed by atoms with Gasteiger partial charge in [-0.2, -0.15) is 0 Å². The quantitative estimate of drug-likeness (QED) is 0.674. The molecule has 0 bridgehead atoms. The third-order valence-electron chi connectivity index (χ3n) is 4.30. The van der Waals surface area contributed by atoms with Crippen LogP contribution in [0.4, 0.5) is 4.79 Å². The lowest BCUT2D eigenvalue weighted by molar-refractivity contribution is -0.118. The van der Waals surface area contributed by atoms with Crippen molar-refractivity contribution >= 4 is 33.8 Å². The molecule has 1 aliphatic heterocycles. The standard InChI is InChI=1S/C19H16N2O3S/c22-17(11-4-2-1-3-5-11)12-6-7-15-13(8-12)9-14(20-15)10-16-18(23)21-19(24)25-16/h1-9,16-17,20,22H,10H2,(H,21,23,24). The molecule has 0 saturated carbocycles. The van der Waals surface area contributed by atoms with Crippen molar-refractivity contribution in [3.63, 3.8) is 0 Å².